The zero-order valence-electron chi connectivity index (χ0n) is 13.1. The predicted octanol–water partition coefficient (Wildman–Crippen LogP) is 4.58. The van der Waals surface area contributed by atoms with Crippen molar-refractivity contribution in [3.05, 3.63) is 83.3 Å². The zero-order chi connectivity index (χ0) is 17.2. The van der Waals surface area contributed by atoms with Crippen molar-refractivity contribution in [2.75, 3.05) is 5.32 Å². The third-order valence-electron chi connectivity index (χ3n) is 3.96. The van der Waals surface area contributed by atoms with Crippen LogP contribution in [0.2, 0.25) is 5.02 Å². The van der Waals surface area contributed by atoms with Gasteiger partial charge in [-0.2, -0.15) is 0 Å². The van der Waals surface area contributed by atoms with Gasteiger partial charge in [-0.05, 0) is 23.8 Å². The van der Waals surface area contributed by atoms with Crippen LogP contribution in [-0.4, -0.2) is 15.6 Å². The molecule has 0 atom stereocenters. The van der Waals surface area contributed by atoms with E-state index in [4.69, 9.17) is 16.1 Å². The molecule has 0 spiro atoms. The lowest BCUT2D eigenvalue weighted by molar-refractivity contribution is 0.0988. The third kappa shape index (κ3) is 3.14. The Bertz CT molecular complexity index is 1020. The Balaban J connectivity index is 1.68. The molecular formula is C19H14ClN3O2. The summed E-state index contributed by atoms with van der Waals surface area (Å²) in [4.78, 5) is 12.3. The molecule has 1 N–H and O–H groups in total. The van der Waals surface area contributed by atoms with Crippen molar-refractivity contribution in [1.29, 1.82) is 0 Å². The maximum Gasteiger partial charge on any atom is 0.294 e. The van der Waals surface area contributed by atoms with Gasteiger partial charge in [0.1, 0.15) is 0 Å². The van der Waals surface area contributed by atoms with Crippen molar-refractivity contribution in [3.63, 3.8) is 0 Å². The lowest BCUT2D eigenvalue weighted by atomic mass is 10.2. The number of halogens is 1. The summed E-state index contributed by atoms with van der Waals surface area (Å²) in [6.07, 6.45) is 3.37. The van der Waals surface area contributed by atoms with Crippen LogP contribution in [-0.2, 0) is 6.54 Å². The van der Waals surface area contributed by atoms with E-state index in [0.717, 1.165) is 22.2 Å². The normalized spacial score (nSPS) is 10.9. The summed E-state index contributed by atoms with van der Waals surface area (Å²) in [6.45, 7) is 0.676. The molecular weight excluding hydrogens is 338 g/mol. The molecule has 1 amide bonds. The number of hydrogen-bond acceptors (Lipinski definition) is 3. The fourth-order valence-corrected chi connectivity index (χ4v) is 2.91. The number of carbonyl (C=O) groups is 1. The number of hydrogen-bond donors (Lipinski definition) is 1. The molecule has 0 fully saturated rings. The quantitative estimate of drug-likeness (QED) is 0.585. The summed E-state index contributed by atoms with van der Waals surface area (Å²) in [5.41, 5.74) is 2.88. The number of benzene rings is 2. The molecule has 2 aromatic carbocycles. The number of nitrogens with one attached hydrogen (secondary N) is 1. The highest BCUT2D eigenvalue weighted by Gasteiger charge is 2.14. The first kappa shape index (κ1) is 15.5. The van der Waals surface area contributed by atoms with Crippen LogP contribution >= 0.6 is 11.6 Å². The second-order valence-corrected chi connectivity index (χ2v) is 6.08. The van der Waals surface area contributed by atoms with E-state index in [1.54, 1.807) is 0 Å². The lowest BCUT2D eigenvalue weighted by Crippen LogP contribution is -2.10. The van der Waals surface area contributed by atoms with E-state index >= 15 is 0 Å². The van der Waals surface area contributed by atoms with Crippen molar-refractivity contribution >= 4 is 34.1 Å². The molecule has 0 radical (unpaired) electrons. The molecule has 0 saturated heterocycles. The molecule has 0 aliphatic rings. The van der Waals surface area contributed by atoms with Crippen LogP contribution in [0.3, 0.4) is 0 Å². The predicted molar refractivity (Wildman–Crippen MR) is 96.9 cm³/mol. The minimum absolute atomic E-state index is 0.175. The average molecular weight is 352 g/mol. The van der Waals surface area contributed by atoms with E-state index in [9.17, 15) is 4.79 Å². The SMILES string of the molecule is O=C(Nc1cn(Cc2ccc(Cl)cc2)c2ccccc12)c1ccno1. The van der Waals surface area contributed by atoms with E-state index in [1.165, 1.54) is 12.3 Å². The van der Waals surface area contributed by atoms with Gasteiger partial charge in [-0.15, -0.1) is 0 Å². The summed E-state index contributed by atoms with van der Waals surface area (Å²) in [6, 6.07) is 17.2. The number of amides is 1. The average Bonchev–Trinajstić information content (AvgIpc) is 3.27. The number of rotatable bonds is 4. The fourth-order valence-electron chi connectivity index (χ4n) is 2.78. The Kier molecular flexibility index (Phi) is 3.99. The molecule has 0 bridgehead atoms. The van der Waals surface area contributed by atoms with Crippen LogP contribution in [0.4, 0.5) is 5.69 Å². The highest BCUT2D eigenvalue weighted by Crippen LogP contribution is 2.27. The topological polar surface area (TPSA) is 60.1 Å². The van der Waals surface area contributed by atoms with Gasteiger partial charge in [-0.1, -0.05) is 47.1 Å². The first-order chi connectivity index (χ1) is 12.2. The van der Waals surface area contributed by atoms with Crippen LogP contribution in [0.5, 0.6) is 0 Å². The minimum atomic E-state index is -0.327. The first-order valence-electron chi connectivity index (χ1n) is 7.75. The van der Waals surface area contributed by atoms with Crippen molar-refractivity contribution < 1.29 is 9.32 Å². The molecule has 4 aromatic rings. The zero-order valence-corrected chi connectivity index (χ0v) is 13.9. The molecule has 25 heavy (non-hydrogen) atoms. The standard InChI is InChI=1S/C19H14ClN3O2/c20-14-7-5-13(6-8-14)11-23-12-16(15-3-1-2-4-17(15)23)22-19(24)18-9-10-21-25-18/h1-10,12H,11H2,(H,22,24). The number of nitrogens with zero attached hydrogens (tertiary/aromatic N) is 2. The number of carbonyl (C=O) groups excluding carboxylic acids is 1. The Morgan fingerprint density at radius 2 is 1.92 bits per heavy atom. The maximum absolute atomic E-state index is 12.3. The smallest absolute Gasteiger partial charge is 0.294 e. The summed E-state index contributed by atoms with van der Waals surface area (Å²) >= 11 is 5.95. The monoisotopic (exact) mass is 351 g/mol. The number of fused-ring (bicyclic) bond motifs is 1. The van der Waals surface area contributed by atoms with Crippen LogP contribution in [0.25, 0.3) is 10.9 Å². The Hall–Kier alpha value is -3.05. The summed E-state index contributed by atoms with van der Waals surface area (Å²) < 4.78 is 7.00. The largest absolute Gasteiger partial charge is 0.351 e. The fraction of sp³-hybridized carbons (Fsp3) is 0.0526. The van der Waals surface area contributed by atoms with E-state index in [1.807, 2.05) is 54.7 Å². The highest BCUT2D eigenvalue weighted by atomic mass is 35.5. The van der Waals surface area contributed by atoms with Gasteiger partial charge in [0.05, 0.1) is 17.4 Å². The van der Waals surface area contributed by atoms with Crippen molar-refractivity contribution in [1.82, 2.24) is 9.72 Å². The van der Waals surface area contributed by atoms with Gasteiger partial charge < -0.3 is 14.4 Å². The van der Waals surface area contributed by atoms with E-state index < -0.39 is 0 Å². The van der Waals surface area contributed by atoms with Gasteiger partial charge in [0.25, 0.3) is 5.91 Å². The number of para-hydroxylation sites is 1. The number of anilines is 1. The Morgan fingerprint density at radius 1 is 1.12 bits per heavy atom. The summed E-state index contributed by atoms with van der Waals surface area (Å²) in [5.74, 6) is -0.151. The second-order valence-electron chi connectivity index (χ2n) is 5.65. The minimum Gasteiger partial charge on any atom is -0.351 e. The first-order valence-corrected chi connectivity index (χ1v) is 8.13. The van der Waals surface area contributed by atoms with Gasteiger partial charge >= 0.3 is 0 Å². The van der Waals surface area contributed by atoms with Crippen LogP contribution < -0.4 is 5.32 Å². The molecule has 2 heterocycles. The maximum atomic E-state index is 12.3. The van der Waals surface area contributed by atoms with Crippen molar-refractivity contribution in [2.45, 2.75) is 6.54 Å². The molecule has 0 saturated carbocycles. The molecule has 0 unspecified atom stereocenters. The van der Waals surface area contributed by atoms with Gasteiger partial charge in [-0.3, -0.25) is 4.79 Å². The third-order valence-corrected chi connectivity index (χ3v) is 4.22. The van der Waals surface area contributed by atoms with Crippen molar-refractivity contribution in [2.24, 2.45) is 0 Å². The highest BCUT2D eigenvalue weighted by molar-refractivity contribution is 6.30. The van der Waals surface area contributed by atoms with E-state index in [2.05, 4.69) is 15.0 Å². The van der Waals surface area contributed by atoms with Crippen molar-refractivity contribution in [3.8, 4) is 0 Å². The lowest BCUT2D eigenvalue weighted by Gasteiger charge is -2.05. The summed E-state index contributed by atoms with van der Waals surface area (Å²) in [7, 11) is 0. The summed E-state index contributed by atoms with van der Waals surface area (Å²) in [5, 5.41) is 8.12. The molecule has 5 nitrogen and oxygen atoms in total. The molecule has 4 rings (SSSR count). The Morgan fingerprint density at radius 3 is 2.68 bits per heavy atom. The van der Waals surface area contributed by atoms with Crippen LogP contribution in [0.15, 0.2) is 71.5 Å². The second kappa shape index (κ2) is 6.45. The van der Waals surface area contributed by atoms with Gasteiger partial charge in [0, 0.05) is 29.2 Å². The molecule has 0 aliphatic heterocycles. The molecule has 124 valence electrons. The van der Waals surface area contributed by atoms with E-state index in [-0.39, 0.29) is 11.7 Å². The number of aromatic nitrogens is 2. The molecule has 0 aliphatic carbocycles. The Labute approximate surface area is 148 Å². The molecule has 2 aromatic heterocycles. The molecule has 6 heteroatoms. The van der Waals surface area contributed by atoms with E-state index in [0.29, 0.717) is 11.6 Å². The van der Waals surface area contributed by atoms with Gasteiger partial charge in [0.2, 0.25) is 5.76 Å². The van der Waals surface area contributed by atoms with Crippen LogP contribution in [0, 0.1) is 0 Å². The van der Waals surface area contributed by atoms with Crippen LogP contribution in [0.1, 0.15) is 16.1 Å². The van der Waals surface area contributed by atoms with Gasteiger partial charge in [0.15, 0.2) is 0 Å². The van der Waals surface area contributed by atoms with Gasteiger partial charge in [-0.25, -0.2) is 0 Å².